The smallest absolute Gasteiger partial charge is 0.413 e. The van der Waals surface area contributed by atoms with E-state index in [0.29, 0.717) is 9.91 Å². The molecule has 25 heavy (non-hydrogen) atoms. The first-order chi connectivity index (χ1) is 11.9. The Morgan fingerprint density at radius 1 is 0.800 bits per heavy atom. The highest BCUT2D eigenvalue weighted by Gasteiger charge is 2.55. The maximum Gasteiger partial charge on any atom is 0.439 e. The van der Waals surface area contributed by atoms with Gasteiger partial charge in [-0.15, -0.1) is 5.01 Å². The lowest BCUT2D eigenvalue weighted by Gasteiger charge is -2.21. The Balaban J connectivity index is 1.68. The number of amides is 6. The summed E-state index contributed by atoms with van der Waals surface area (Å²) >= 11 is 0. The van der Waals surface area contributed by atoms with Crippen molar-refractivity contribution in [2.24, 2.45) is 0 Å². The van der Waals surface area contributed by atoms with Gasteiger partial charge in [0.2, 0.25) is 11.8 Å². The second kappa shape index (κ2) is 4.97. The lowest BCUT2D eigenvalue weighted by molar-refractivity contribution is -0.156. The van der Waals surface area contributed by atoms with E-state index in [1.54, 1.807) is 0 Å². The van der Waals surface area contributed by atoms with Gasteiger partial charge in [-0.1, -0.05) is 12.1 Å². The molecule has 1 aromatic carbocycles. The number of cyclic esters (lactones) is 1. The van der Waals surface area contributed by atoms with Crippen LogP contribution in [0.1, 0.15) is 33.6 Å². The summed E-state index contributed by atoms with van der Waals surface area (Å²) in [5.41, 5.74) is 0.0646. The summed E-state index contributed by atoms with van der Waals surface area (Å²) in [7, 11) is 0. The Morgan fingerprint density at radius 2 is 1.32 bits per heavy atom. The van der Waals surface area contributed by atoms with Crippen molar-refractivity contribution in [3.63, 3.8) is 0 Å². The van der Waals surface area contributed by atoms with E-state index in [1.165, 1.54) is 24.3 Å². The number of carbonyl (C=O) groups is 6. The van der Waals surface area contributed by atoms with E-state index in [2.05, 4.69) is 0 Å². The minimum absolute atomic E-state index is 0.0323. The minimum atomic E-state index is -1.81. The fourth-order valence-electron chi connectivity index (χ4n) is 2.95. The lowest BCUT2D eigenvalue weighted by Crippen LogP contribution is -2.52. The second-order valence-electron chi connectivity index (χ2n) is 5.51. The number of hydrogen-bond acceptors (Lipinski definition) is 7. The van der Waals surface area contributed by atoms with Crippen LogP contribution in [0.25, 0.3) is 0 Å². The molecule has 0 spiro atoms. The number of ether oxygens (including phenoxy) is 1. The van der Waals surface area contributed by atoms with Crippen LogP contribution in [0.2, 0.25) is 0 Å². The third-order valence-corrected chi connectivity index (χ3v) is 4.10. The van der Waals surface area contributed by atoms with Crippen LogP contribution in [0.3, 0.4) is 0 Å². The van der Waals surface area contributed by atoms with Crippen molar-refractivity contribution in [3.8, 4) is 0 Å². The van der Waals surface area contributed by atoms with Gasteiger partial charge in [0.15, 0.2) is 0 Å². The number of benzene rings is 1. The number of nitrogens with zero attached hydrogens (tertiary/aromatic N) is 3. The van der Waals surface area contributed by atoms with Crippen molar-refractivity contribution in [2.45, 2.75) is 19.1 Å². The standard InChI is InChI=1S/C15H9N3O7/c19-9-5-6-10(20)16(9)14-13(23)18(15(24)25-14)17-11(21)7-3-1-2-4-8(7)12(17)22/h1-4,14H,5-6H2. The molecule has 0 N–H and O–H groups in total. The molecule has 4 rings (SSSR count). The highest BCUT2D eigenvalue weighted by molar-refractivity contribution is 6.23. The summed E-state index contributed by atoms with van der Waals surface area (Å²) in [6.45, 7) is 0. The van der Waals surface area contributed by atoms with Crippen LogP contribution in [-0.4, -0.2) is 56.8 Å². The molecular weight excluding hydrogens is 334 g/mol. The van der Waals surface area contributed by atoms with Gasteiger partial charge in [0.1, 0.15) is 0 Å². The molecule has 0 radical (unpaired) electrons. The largest absolute Gasteiger partial charge is 0.439 e. The molecule has 10 heteroatoms. The molecule has 1 aromatic rings. The number of rotatable bonds is 2. The summed E-state index contributed by atoms with van der Waals surface area (Å²) in [5, 5.41) is 0.592. The quantitative estimate of drug-likeness (QED) is 0.673. The molecule has 0 bridgehead atoms. The first kappa shape index (κ1) is 15.0. The van der Waals surface area contributed by atoms with Crippen molar-refractivity contribution in [1.29, 1.82) is 0 Å². The summed E-state index contributed by atoms with van der Waals surface area (Å²) < 4.78 is 4.79. The summed E-state index contributed by atoms with van der Waals surface area (Å²) in [4.78, 5) is 73.4. The molecule has 126 valence electrons. The molecule has 0 saturated carbocycles. The fourth-order valence-corrected chi connectivity index (χ4v) is 2.95. The van der Waals surface area contributed by atoms with Gasteiger partial charge in [0.25, 0.3) is 18.0 Å². The molecule has 2 fully saturated rings. The Morgan fingerprint density at radius 3 is 1.84 bits per heavy atom. The van der Waals surface area contributed by atoms with Crippen molar-refractivity contribution in [3.05, 3.63) is 35.4 Å². The number of hydrogen-bond donors (Lipinski definition) is 0. The average molecular weight is 343 g/mol. The van der Waals surface area contributed by atoms with Crippen LogP contribution in [-0.2, 0) is 19.1 Å². The highest BCUT2D eigenvalue weighted by atomic mass is 16.6. The van der Waals surface area contributed by atoms with Gasteiger partial charge in [0, 0.05) is 12.8 Å². The molecule has 1 atom stereocenters. The predicted molar refractivity (Wildman–Crippen MR) is 75.1 cm³/mol. The van der Waals surface area contributed by atoms with Gasteiger partial charge < -0.3 is 4.74 Å². The van der Waals surface area contributed by atoms with Gasteiger partial charge >= 0.3 is 12.0 Å². The number of carbonyl (C=O) groups excluding carboxylic acids is 6. The Hall–Kier alpha value is -3.56. The Kier molecular flexibility index (Phi) is 2.98. The van der Waals surface area contributed by atoms with Gasteiger partial charge in [-0.3, -0.25) is 24.0 Å². The molecule has 0 aromatic heterocycles. The van der Waals surface area contributed by atoms with Gasteiger partial charge in [-0.2, -0.15) is 5.01 Å². The minimum Gasteiger partial charge on any atom is -0.413 e. The van der Waals surface area contributed by atoms with Gasteiger partial charge in [-0.25, -0.2) is 9.69 Å². The van der Waals surface area contributed by atoms with E-state index in [-0.39, 0.29) is 29.0 Å². The third-order valence-electron chi connectivity index (χ3n) is 4.10. The number of hydrazine groups is 1. The van der Waals surface area contributed by atoms with Crippen LogP contribution in [0.5, 0.6) is 0 Å². The first-order valence-electron chi connectivity index (χ1n) is 7.29. The van der Waals surface area contributed by atoms with E-state index in [9.17, 15) is 28.8 Å². The van der Waals surface area contributed by atoms with Gasteiger partial charge in [0.05, 0.1) is 11.1 Å². The summed E-state index contributed by atoms with van der Waals surface area (Å²) in [6.07, 6.45) is -3.32. The van der Waals surface area contributed by atoms with E-state index in [0.717, 1.165) is 0 Å². The van der Waals surface area contributed by atoms with E-state index < -0.39 is 41.9 Å². The van der Waals surface area contributed by atoms with Crippen LogP contribution in [0.15, 0.2) is 24.3 Å². The monoisotopic (exact) mass is 343 g/mol. The van der Waals surface area contributed by atoms with Crippen molar-refractivity contribution in [1.82, 2.24) is 14.9 Å². The number of likely N-dealkylation sites (tertiary alicyclic amines) is 1. The Bertz CT molecular complexity index is 842. The van der Waals surface area contributed by atoms with Crippen molar-refractivity contribution >= 4 is 35.6 Å². The molecule has 0 aliphatic carbocycles. The number of imide groups is 3. The molecule has 3 heterocycles. The molecule has 3 aliphatic rings. The average Bonchev–Trinajstić information content (AvgIpc) is 3.15. The van der Waals surface area contributed by atoms with Crippen LogP contribution >= 0.6 is 0 Å². The summed E-state index contributed by atoms with van der Waals surface area (Å²) in [6, 6.07) is 5.82. The zero-order valence-corrected chi connectivity index (χ0v) is 12.5. The normalized spacial score (nSPS) is 23.0. The molecule has 6 amide bonds. The topological polar surface area (TPSA) is 121 Å². The maximum atomic E-state index is 12.5. The number of fused-ring (bicyclic) bond motifs is 1. The van der Waals surface area contributed by atoms with Gasteiger partial charge in [-0.05, 0) is 12.1 Å². The SMILES string of the molecule is O=C1CCC(=O)N1C1OC(=O)N(N2C(=O)c3ccccc3C2=O)C1=O. The lowest BCUT2D eigenvalue weighted by atomic mass is 10.1. The molecule has 1 unspecified atom stereocenters. The maximum absolute atomic E-state index is 12.5. The molecule has 3 aliphatic heterocycles. The predicted octanol–water partition coefficient (Wildman–Crippen LogP) is -0.349. The molecule has 10 nitrogen and oxygen atoms in total. The van der Waals surface area contributed by atoms with Crippen molar-refractivity contribution < 1.29 is 33.5 Å². The second-order valence-corrected chi connectivity index (χ2v) is 5.51. The molecule has 2 saturated heterocycles. The van der Waals surface area contributed by atoms with Crippen LogP contribution in [0.4, 0.5) is 4.79 Å². The molecular formula is C15H9N3O7. The summed E-state index contributed by atoms with van der Waals surface area (Å²) in [5.74, 6) is -4.22. The Labute approximate surface area is 139 Å². The van der Waals surface area contributed by atoms with E-state index in [1.807, 2.05) is 0 Å². The zero-order chi connectivity index (χ0) is 17.9. The van der Waals surface area contributed by atoms with E-state index in [4.69, 9.17) is 4.74 Å². The van der Waals surface area contributed by atoms with E-state index >= 15 is 0 Å². The van der Waals surface area contributed by atoms with Crippen LogP contribution < -0.4 is 0 Å². The van der Waals surface area contributed by atoms with Crippen LogP contribution in [0, 0.1) is 0 Å². The zero-order valence-electron chi connectivity index (χ0n) is 12.5. The highest BCUT2D eigenvalue weighted by Crippen LogP contribution is 2.29. The third kappa shape index (κ3) is 1.90. The first-order valence-corrected chi connectivity index (χ1v) is 7.29. The fraction of sp³-hybridized carbons (Fsp3) is 0.200. The van der Waals surface area contributed by atoms with Crippen molar-refractivity contribution in [2.75, 3.05) is 0 Å².